The van der Waals surface area contributed by atoms with Gasteiger partial charge in [0.1, 0.15) is 10.6 Å². The zero-order valence-electron chi connectivity index (χ0n) is 6.27. The Bertz CT molecular complexity index is 394. The Kier molecular flexibility index (Phi) is 2.08. The van der Waals surface area contributed by atoms with E-state index in [-0.39, 0.29) is 0 Å². The van der Waals surface area contributed by atoms with Crippen molar-refractivity contribution < 1.29 is 18.1 Å². The summed E-state index contributed by atoms with van der Waals surface area (Å²) in [4.78, 5) is -0.487. The second kappa shape index (κ2) is 2.76. The Morgan fingerprint density at radius 1 is 1.50 bits per heavy atom. The predicted molar refractivity (Wildman–Crippen MR) is 41.5 cm³/mol. The van der Waals surface area contributed by atoms with Crippen LogP contribution in [-0.2, 0) is 10.1 Å². The van der Waals surface area contributed by atoms with Crippen molar-refractivity contribution in [1.29, 1.82) is 0 Å². The van der Waals surface area contributed by atoms with Crippen LogP contribution in [0.5, 0.6) is 5.75 Å². The van der Waals surface area contributed by atoms with E-state index in [4.69, 9.17) is 9.66 Å². The standard InChI is InChI=1S/C7H7O4S/c1-5-2-3-6(8)7(4-5)12(9,10)11/h3-4,8H,1H3,(H,9,10,11). The molecule has 1 rings (SSSR count). The molecule has 0 fully saturated rings. The van der Waals surface area contributed by atoms with Gasteiger partial charge in [-0.05, 0) is 30.7 Å². The molecule has 0 saturated carbocycles. The fraction of sp³-hybridized carbons (Fsp3) is 0.143. The van der Waals surface area contributed by atoms with Gasteiger partial charge in [0, 0.05) is 0 Å². The van der Waals surface area contributed by atoms with E-state index in [1.54, 1.807) is 6.92 Å². The van der Waals surface area contributed by atoms with E-state index in [1.807, 2.05) is 0 Å². The van der Waals surface area contributed by atoms with Gasteiger partial charge in [0.15, 0.2) is 0 Å². The van der Waals surface area contributed by atoms with Gasteiger partial charge < -0.3 is 5.11 Å². The minimum Gasteiger partial charge on any atom is -0.506 e. The van der Waals surface area contributed by atoms with Crippen LogP contribution in [-0.4, -0.2) is 18.1 Å². The molecule has 1 radical (unpaired) electrons. The summed E-state index contributed by atoms with van der Waals surface area (Å²) < 4.78 is 29.8. The van der Waals surface area contributed by atoms with Crippen LogP contribution >= 0.6 is 0 Å². The molecule has 0 spiro atoms. The van der Waals surface area contributed by atoms with E-state index < -0.39 is 20.8 Å². The number of aromatic hydroxyl groups is 1. The summed E-state index contributed by atoms with van der Waals surface area (Å²) in [6.07, 6.45) is 0. The first kappa shape index (κ1) is 9.02. The van der Waals surface area contributed by atoms with Crippen molar-refractivity contribution in [3.63, 3.8) is 0 Å². The van der Waals surface area contributed by atoms with E-state index in [0.717, 1.165) is 12.1 Å². The first-order valence-electron chi connectivity index (χ1n) is 3.10. The highest BCUT2D eigenvalue weighted by Crippen LogP contribution is 2.22. The molecule has 0 bridgehead atoms. The molecule has 2 N–H and O–H groups in total. The monoisotopic (exact) mass is 187 g/mol. The molecular formula is C7H7O4S. The van der Waals surface area contributed by atoms with Gasteiger partial charge in [-0.2, -0.15) is 8.42 Å². The Balaban J connectivity index is 3.43. The summed E-state index contributed by atoms with van der Waals surface area (Å²) >= 11 is 0. The Morgan fingerprint density at radius 3 is 2.50 bits per heavy atom. The molecule has 12 heavy (non-hydrogen) atoms. The quantitative estimate of drug-likeness (QED) is 0.636. The van der Waals surface area contributed by atoms with E-state index in [9.17, 15) is 8.42 Å². The molecule has 0 aliphatic rings. The van der Waals surface area contributed by atoms with E-state index in [0.29, 0.717) is 5.56 Å². The van der Waals surface area contributed by atoms with Crippen molar-refractivity contribution >= 4 is 10.1 Å². The van der Waals surface area contributed by atoms with Crippen molar-refractivity contribution in [3.8, 4) is 5.75 Å². The number of phenolic OH excluding ortho intramolecular Hbond substituents is 1. The van der Waals surface area contributed by atoms with Crippen LogP contribution in [0.4, 0.5) is 0 Å². The normalized spacial score (nSPS) is 11.5. The molecule has 4 nitrogen and oxygen atoms in total. The molecule has 0 unspecified atom stereocenters. The van der Waals surface area contributed by atoms with E-state index >= 15 is 0 Å². The highest BCUT2D eigenvalue weighted by molar-refractivity contribution is 7.86. The fourth-order valence-corrected chi connectivity index (χ4v) is 1.42. The van der Waals surface area contributed by atoms with Gasteiger partial charge >= 0.3 is 0 Å². The van der Waals surface area contributed by atoms with E-state index in [2.05, 4.69) is 6.07 Å². The molecule has 5 heteroatoms. The number of hydrogen-bond acceptors (Lipinski definition) is 3. The van der Waals surface area contributed by atoms with Crippen LogP contribution in [0.2, 0.25) is 0 Å². The third kappa shape index (κ3) is 1.75. The molecule has 1 aromatic rings. The maximum atomic E-state index is 10.6. The molecule has 0 atom stereocenters. The average molecular weight is 187 g/mol. The van der Waals surface area contributed by atoms with E-state index in [1.165, 1.54) is 0 Å². The van der Waals surface area contributed by atoms with Crippen LogP contribution in [0, 0.1) is 13.0 Å². The van der Waals surface area contributed by atoms with Gasteiger partial charge in [0.25, 0.3) is 10.1 Å². The first-order chi connectivity index (χ1) is 5.41. The first-order valence-corrected chi connectivity index (χ1v) is 4.54. The summed E-state index contributed by atoms with van der Waals surface area (Å²) in [5, 5.41) is 9.00. The largest absolute Gasteiger partial charge is 0.506 e. The van der Waals surface area contributed by atoms with Crippen molar-refractivity contribution in [2.45, 2.75) is 11.8 Å². The number of hydrogen-bond donors (Lipinski definition) is 2. The highest BCUT2D eigenvalue weighted by atomic mass is 32.2. The Labute approximate surface area is 70.2 Å². The number of phenols is 1. The maximum absolute atomic E-state index is 10.6. The van der Waals surface area contributed by atoms with Crippen molar-refractivity contribution in [1.82, 2.24) is 0 Å². The second-order valence-electron chi connectivity index (χ2n) is 2.34. The molecule has 0 saturated heterocycles. The third-order valence-electron chi connectivity index (χ3n) is 1.31. The van der Waals surface area contributed by atoms with Gasteiger partial charge in [0.05, 0.1) is 0 Å². The molecule has 65 valence electrons. The van der Waals surface area contributed by atoms with Gasteiger partial charge in [0.2, 0.25) is 0 Å². The lowest BCUT2D eigenvalue weighted by atomic mass is 10.2. The average Bonchev–Trinajstić information content (AvgIpc) is 1.92. The summed E-state index contributed by atoms with van der Waals surface area (Å²) in [5.41, 5.74) is 0.528. The van der Waals surface area contributed by atoms with Crippen LogP contribution in [0.3, 0.4) is 0 Å². The molecule has 0 amide bonds. The summed E-state index contributed by atoms with van der Waals surface area (Å²) in [5.74, 6) is -0.497. The summed E-state index contributed by atoms with van der Waals surface area (Å²) in [6, 6.07) is 4.83. The number of rotatable bonds is 1. The van der Waals surface area contributed by atoms with Gasteiger partial charge in [-0.15, -0.1) is 0 Å². The summed E-state index contributed by atoms with van der Waals surface area (Å²) in [7, 11) is -4.33. The minimum absolute atomic E-state index is 0.487. The van der Waals surface area contributed by atoms with Crippen LogP contribution in [0.15, 0.2) is 17.0 Å². The van der Waals surface area contributed by atoms with Gasteiger partial charge in [-0.1, -0.05) is 0 Å². The van der Waals surface area contributed by atoms with Crippen molar-refractivity contribution in [3.05, 3.63) is 23.8 Å². The Morgan fingerprint density at radius 2 is 2.08 bits per heavy atom. The van der Waals surface area contributed by atoms with Crippen LogP contribution in [0.25, 0.3) is 0 Å². The molecule has 1 aromatic carbocycles. The number of aryl methyl sites for hydroxylation is 1. The fourth-order valence-electron chi connectivity index (χ4n) is 0.772. The smallest absolute Gasteiger partial charge is 0.298 e. The molecule has 0 heterocycles. The number of benzene rings is 1. The Hall–Kier alpha value is -1.07. The van der Waals surface area contributed by atoms with Crippen LogP contribution in [0.1, 0.15) is 5.56 Å². The highest BCUT2D eigenvalue weighted by Gasteiger charge is 2.14. The zero-order chi connectivity index (χ0) is 9.35. The maximum Gasteiger partial charge on any atom is 0.298 e. The molecular weight excluding hydrogens is 180 g/mol. The van der Waals surface area contributed by atoms with Crippen molar-refractivity contribution in [2.24, 2.45) is 0 Å². The van der Waals surface area contributed by atoms with Crippen molar-refractivity contribution in [2.75, 3.05) is 0 Å². The topological polar surface area (TPSA) is 74.6 Å². The molecule has 0 aliphatic heterocycles. The lowest BCUT2D eigenvalue weighted by Crippen LogP contribution is -1.98. The van der Waals surface area contributed by atoms with Crippen LogP contribution < -0.4 is 0 Å². The third-order valence-corrected chi connectivity index (χ3v) is 2.20. The SMILES string of the molecule is Cc1[c]cc(O)c(S(=O)(=O)O)c1. The lowest BCUT2D eigenvalue weighted by Gasteiger charge is -2.00. The molecule has 0 aliphatic carbocycles. The lowest BCUT2D eigenvalue weighted by molar-refractivity contribution is 0.443. The summed E-state index contributed by atoms with van der Waals surface area (Å²) in [6.45, 7) is 1.61. The predicted octanol–water partition coefficient (Wildman–Crippen LogP) is 0.748. The zero-order valence-corrected chi connectivity index (χ0v) is 7.09. The van der Waals surface area contributed by atoms with Gasteiger partial charge in [-0.25, -0.2) is 0 Å². The second-order valence-corrected chi connectivity index (χ2v) is 3.73. The molecule has 0 aromatic heterocycles. The minimum atomic E-state index is -4.33. The van der Waals surface area contributed by atoms with Gasteiger partial charge in [-0.3, -0.25) is 4.55 Å².